The first kappa shape index (κ1) is 38.7. The van der Waals surface area contributed by atoms with Gasteiger partial charge in [0.25, 0.3) is 0 Å². The smallest absolute Gasteiger partial charge is 0.0748 e. The maximum Gasteiger partial charge on any atom is 0.0748 e. The molecule has 2 spiro atoms. The molecule has 0 saturated heterocycles. The summed E-state index contributed by atoms with van der Waals surface area (Å²) in [5, 5.41) is 5.15. The monoisotopic (exact) mass is 881 g/mol. The second-order valence-corrected chi connectivity index (χ2v) is 19.9. The van der Waals surface area contributed by atoms with Gasteiger partial charge in [-0.1, -0.05) is 174 Å². The molecule has 0 fully saturated rings. The van der Waals surface area contributed by atoms with Crippen molar-refractivity contribution in [1.29, 1.82) is 0 Å². The molecule has 3 aliphatic rings. The van der Waals surface area contributed by atoms with Gasteiger partial charge < -0.3 is 14.2 Å². The molecule has 326 valence electrons. The largest absolute Gasteiger partial charge is 0.310 e. The zero-order valence-corrected chi connectivity index (χ0v) is 39.0. The van der Waals surface area contributed by atoms with Gasteiger partial charge in [0.1, 0.15) is 0 Å². The second kappa shape index (κ2) is 13.6. The van der Waals surface area contributed by atoms with Gasteiger partial charge >= 0.3 is 0 Å². The van der Waals surface area contributed by atoms with Crippen molar-refractivity contribution in [3.05, 3.63) is 279 Å². The predicted octanol–water partition coefficient (Wildman–Crippen LogP) is 16.7. The standard InChI is InChI=1S/C66H47N3/c1-40-25-30-60-54(35-40)65(55-36-41(2)26-31-61(55)67(60)44-15-6-5-7-16-44)50-20-9-11-22-52(50)66(53-23-12-10-21-51(53)65)56-37-42(3)27-32-62(56)68(63-33-28-43(4)38-57(63)66)45-29-34-59-49(39-45)48-19-14-18-47-46-17-8-13-24-58(46)69(59)64(47)48/h5-39H,1-4H3. The Morgan fingerprint density at radius 1 is 0.275 bits per heavy atom. The summed E-state index contributed by atoms with van der Waals surface area (Å²) in [6.07, 6.45) is 0. The van der Waals surface area contributed by atoms with Gasteiger partial charge in [0, 0.05) is 32.9 Å². The van der Waals surface area contributed by atoms with E-state index in [1.165, 1.54) is 128 Å². The van der Waals surface area contributed by atoms with Crippen molar-refractivity contribution in [2.24, 2.45) is 0 Å². The molecule has 0 atom stereocenters. The number of hydrogen-bond acceptors (Lipinski definition) is 2. The molecule has 12 aromatic rings. The molecular weight excluding hydrogens is 835 g/mol. The quantitative estimate of drug-likeness (QED) is 0.171. The van der Waals surface area contributed by atoms with E-state index in [-0.39, 0.29) is 0 Å². The fourth-order valence-corrected chi connectivity index (χ4v) is 13.5. The highest BCUT2D eigenvalue weighted by molar-refractivity contribution is 6.23. The average molecular weight is 882 g/mol. The zero-order valence-electron chi connectivity index (χ0n) is 39.0. The van der Waals surface area contributed by atoms with Crippen molar-refractivity contribution in [3.63, 3.8) is 0 Å². The lowest BCUT2D eigenvalue weighted by Crippen LogP contribution is -2.49. The summed E-state index contributed by atoms with van der Waals surface area (Å²) >= 11 is 0. The van der Waals surface area contributed by atoms with Gasteiger partial charge in [0.15, 0.2) is 0 Å². The molecule has 10 aromatic carbocycles. The van der Waals surface area contributed by atoms with Crippen LogP contribution in [0.5, 0.6) is 0 Å². The number of hydrogen-bond donors (Lipinski definition) is 0. The Balaban J connectivity index is 1.05. The van der Waals surface area contributed by atoms with E-state index >= 15 is 0 Å². The summed E-state index contributed by atoms with van der Waals surface area (Å²) in [6.45, 7) is 9.03. The molecular formula is C66H47N3. The first-order valence-corrected chi connectivity index (χ1v) is 24.3. The Kier molecular flexibility index (Phi) is 7.63. The van der Waals surface area contributed by atoms with Crippen LogP contribution in [0.1, 0.15) is 66.8 Å². The van der Waals surface area contributed by atoms with E-state index in [4.69, 9.17) is 0 Å². The number of anilines is 6. The molecule has 1 aliphatic carbocycles. The molecule has 0 amide bonds. The minimum Gasteiger partial charge on any atom is -0.310 e. The van der Waals surface area contributed by atoms with Crippen molar-refractivity contribution in [2.45, 2.75) is 38.5 Å². The molecule has 0 unspecified atom stereocenters. The number of fused-ring (bicyclic) bond motifs is 20. The third-order valence-corrected chi connectivity index (χ3v) is 16.1. The maximum absolute atomic E-state index is 2.56. The number of nitrogens with zero attached hydrogens (tertiary/aromatic N) is 3. The van der Waals surface area contributed by atoms with E-state index in [9.17, 15) is 0 Å². The van der Waals surface area contributed by atoms with Crippen LogP contribution >= 0.6 is 0 Å². The third kappa shape index (κ3) is 4.77. The van der Waals surface area contributed by atoms with Gasteiger partial charge in [0.2, 0.25) is 0 Å². The van der Waals surface area contributed by atoms with Crippen LogP contribution in [0.4, 0.5) is 34.1 Å². The van der Waals surface area contributed by atoms with Gasteiger partial charge in [-0.2, -0.15) is 0 Å². The Hall–Kier alpha value is -8.40. The highest BCUT2D eigenvalue weighted by Gasteiger charge is 2.59. The maximum atomic E-state index is 2.56. The van der Waals surface area contributed by atoms with Crippen LogP contribution in [0.25, 0.3) is 38.1 Å². The molecule has 15 rings (SSSR count). The van der Waals surface area contributed by atoms with Crippen molar-refractivity contribution in [3.8, 4) is 0 Å². The van der Waals surface area contributed by atoms with Crippen LogP contribution in [0.2, 0.25) is 0 Å². The van der Waals surface area contributed by atoms with Crippen LogP contribution in [-0.2, 0) is 10.8 Å². The lowest BCUT2D eigenvalue weighted by Gasteiger charge is -2.56. The Labute approximate surface area is 402 Å². The topological polar surface area (TPSA) is 10.9 Å². The van der Waals surface area contributed by atoms with E-state index in [2.05, 4.69) is 254 Å². The third-order valence-electron chi connectivity index (χ3n) is 16.1. The van der Waals surface area contributed by atoms with Gasteiger partial charge in [0.05, 0.1) is 50.1 Å². The molecule has 0 saturated carbocycles. The summed E-state index contributed by atoms with van der Waals surface area (Å²) in [5.41, 5.74) is 25.1. The van der Waals surface area contributed by atoms with Crippen LogP contribution in [-0.4, -0.2) is 4.40 Å². The van der Waals surface area contributed by atoms with Crippen LogP contribution in [0.3, 0.4) is 0 Å². The fourth-order valence-electron chi connectivity index (χ4n) is 13.5. The molecule has 2 aromatic heterocycles. The number of benzene rings is 10. The van der Waals surface area contributed by atoms with E-state index in [0.717, 1.165) is 11.4 Å². The SMILES string of the molecule is Cc1ccc2c(c1)C1(c3cc(C)ccc3N2c2ccccc2)c2ccccc2C2(c3cc(C)ccc3N(c3ccc4c(c3)c3cccc5c6ccccc6n4c53)c3ccc(C)cc32)c2ccccc21. The Bertz CT molecular complexity index is 4000. The first-order valence-electron chi connectivity index (χ1n) is 24.3. The number of aromatic nitrogens is 1. The van der Waals surface area contributed by atoms with Crippen molar-refractivity contribution >= 4 is 72.2 Å². The molecule has 4 heterocycles. The fraction of sp³-hybridized carbons (Fsp3) is 0.0909. The molecule has 0 radical (unpaired) electrons. The number of aryl methyl sites for hydroxylation is 4. The van der Waals surface area contributed by atoms with Gasteiger partial charge in [-0.15, -0.1) is 0 Å². The van der Waals surface area contributed by atoms with Crippen molar-refractivity contribution in [2.75, 3.05) is 9.80 Å². The summed E-state index contributed by atoms with van der Waals surface area (Å²) < 4.78 is 2.48. The van der Waals surface area contributed by atoms with Gasteiger partial charge in [-0.05, 0) is 133 Å². The second-order valence-electron chi connectivity index (χ2n) is 19.9. The van der Waals surface area contributed by atoms with Gasteiger partial charge in [-0.3, -0.25) is 0 Å². The summed E-state index contributed by atoms with van der Waals surface area (Å²) in [5.74, 6) is 0. The summed E-state index contributed by atoms with van der Waals surface area (Å²) in [6, 6.07) is 81.4. The zero-order chi connectivity index (χ0) is 45.9. The van der Waals surface area contributed by atoms with Crippen LogP contribution in [0.15, 0.2) is 212 Å². The lowest BCUT2D eigenvalue weighted by atomic mass is 9.48. The average Bonchev–Trinajstić information content (AvgIpc) is 3.90. The van der Waals surface area contributed by atoms with Crippen molar-refractivity contribution < 1.29 is 0 Å². The molecule has 0 N–H and O–H groups in total. The van der Waals surface area contributed by atoms with E-state index in [1.54, 1.807) is 0 Å². The Morgan fingerprint density at radius 3 is 1.16 bits per heavy atom. The Morgan fingerprint density at radius 2 is 0.667 bits per heavy atom. The molecule has 0 bridgehead atoms. The molecule has 3 nitrogen and oxygen atoms in total. The van der Waals surface area contributed by atoms with Gasteiger partial charge in [-0.25, -0.2) is 0 Å². The predicted molar refractivity (Wildman–Crippen MR) is 287 cm³/mol. The van der Waals surface area contributed by atoms with Crippen LogP contribution < -0.4 is 9.80 Å². The minimum absolute atomic E-state index is 0.640. The van der Waals surface area contributed by atoms with E-state index < -0.39 is 10.8 Å². The first-order chi connectivity index (χ1) is 33.9. The van der Waals surface area contributed by atoms with Crippen LogP contribution in [0, 0.1) is 27.7 Å². The lowest BCUT2D eigenvalue weighted by molar-refractivity contribution is 0.606. The molecule has 3 heteroatoms. The minimum atomic E-state index is -0.665. The summed E-state index contributed by atoms with van der Waals surface area (Å²) in [7, 11) is 0. The normalized spacial score (nSPS) is 14.8. The number of para-hydroxylation sites is 3. The highest BCUT2D eigenvalue weighted by atomic mass is 15.2. The summed E-state index contributed by atoms with van der Waals surface area (Å²) in [4.78, 5) is 5.06. The number of rotatable bonds is 2. The molecule has 2 aliphatic heterocycles. The van der Waals surface area contributed by atoms with E-state index in [0.29, 0.717) is 0 Å². The van der Waals surface area contributed by atoms with E-state index in [1.807, 2.05) is 0 Å². The van der Waals surface area contributed by atoms with Crippen molar-refractivity contribution in [1.82, 2.24) is 4.40 Å². The highest BCUT2D eigenvalue weighted by Crippen LogP contribution is 2.68. The molecule has 69 heavy (non-hydrogen) atoms.